The van der Waals surface area contributed by atoms with Crippen LogP contribution in [-0.2, 0) is 4.74 Å². The minimum absolute atomic E-state index is 0.556. The highest BCUT2D eigenvalue weighted by atomic mass is 79.9. The summed E-state index contributed by atoms with van der Waals surface area (Å²) in [6.07, 6.45) is 1.74. The number of aromatic nitrogens is 1. The van der Waals surface area contributed by atoms with E-state index in [-0.39, 0.29) is 0 Å². The average Bonchev–Trinajstić information content (AvgIpc) is 2.20. The smallest absolute Gasteiger partial charge is 0.140 e. The lowest BCUT2D eigenvalue weighted by molar-refractivity contribution is 0.151. The van der Waals surface area contributed by atoms with Crippen LogP contribution in [0.5, 0.6) is 0 Å². The van der Waals surface area contributed by atoms with E-state index in [1.165, 1.54) is 0 Å². The van der Waals surface area contributed by atoms with Gasteiger partial charge in [0.25, 0.3) is 0 Å². The molecule has 1 aromatic heterocycles. The molecule has 0 bridgehead atoms. The molecule has 0 aliphatic heterocycles. The summed E-state index contributed by atoms with van der Waals surface area (Å²) >= 11 is 6.75. The van der Waals surface area contributed by atoms with Crippen molar-refractivity contribution in [3.8, 4) is 0 Å². The summed E-state index contributed by atoms with van der Waals surface area (Å²) < 4.78 is 7.10. The van der Waals surface area contributed by atoms with E-state index in [2.05, 4.69) is 42.2 Å². The van der Waals surface area contributed by atoms with Gasteiger partial charge in [0.2, 0.25) is 0 Å². The molecule has 0 amide bonds. The summed E-state index contributed by atoms with van der Waals surface area (Å²) in [7, 11) is 0. The first-order valence-electron chi connectivity index (χ1n) is 4.56. The van der Waals surface area contributed by atoms with E-state index in [1.807, 2.05) is 6.07 Å². The molecule has 84 valence electrons. The predicted octanol–water partition coefficient (Wildman–Crippen LogP) is 1.99. The Morgan fingerprint density at radius 3 is 2.87 bits per heavy atom. The predicted molar refractivity (Wildman–Crippen MR) is 68.0 cm³/mol. The highest BCUT2D eigenvalue weighted by Crippen LogP contribution is 2.22. The third kappa shape index (κ3) is 4.92. The van der Waals surface area contributed by atoms with E-state index < -0.39 is 0 Å². The first kappa shape index (κ1) is 12.9. The molecule has 1 heterocycles. The molecule has 0 saturated carbocycles. The van der Waals surface area contributed by atoms with E-state index in [4.69, 9.17) is 10.5 Å². The molecular weight excluding hydrogens is 326 g/mol. The minimum Gasteiger partial charge on any atom is -0.378 e. The number of nitrogens with two attached hydrogens (primary N) is 1. The van der Waals surface area contributed by atoms with E-state index in [0.717, 1.165) is 14.8 Å². The molecule has 0 aliphatic carbocycles. The summed E-state index contributed by atoms with van der Waals surface area (Å²) in [6.45, 7) is 2.49. The van der Waals surface area contributed by atoms with Gasteiger partial charge in [-0.1, -0.05) is 0 Å². The standard InChI is InChI=1S/C9H13Br2N3O/c10-7-5-8(11)9(14-6-7)13-2-4-15-3-1-12/h5-6H,1-4,12H2,(H,13,14). The maximum atomic E-state index is 5.29. The lowest BCUT2D eigenvalue weighted by Crippen LogP contribution is -2.15. The molecular formula is C9H13Br2N3O. The lowest BCUT2D eigenvalue weighted by Gasteiger charge is -2.07. The summed E-state index contributed by atoms with van der Waals surface area (Å²) in [5.74, 6) is 0.814. The third-order valence-corrected chi connectivity index (χ3v) is 2.65. The van der Waals surface area contributed by atoms with Gasteiger partial charge in [-0.15, -0.1) is 0 Å². The van der Waals surface area contributed by atoms with Gasteiger partial charge in [-0.05, 0) is 37.9 Å². The van der Waals surface area contributed by atoms with Crippen LogP contribution in [0.2, 0.25) is 0 Å². The highest BCUT2D eigenvalue weighted by Gasteiger charge is 2.00. The Morgan fingerprint density at radius 1 is 1.40 bits per heavy atom. The molecule has 1 aromatic rings. The van der Waals surface area contributed by atoms with Gasteiger partial charge in [0, 0.05) is 23.8 Å². The second-order valence-electron chi connectivity index (χ2n) is 2.81. The summed E-state index contributed by atoms with van der Waals surface area (Å²) in [4.78, 5) is 4.21. The number of hydrogen-bond acceptors (Lipinski definition) is 4. The molecule has 6 heteroatoms. The summed E-state index contributed by atoms with van der Waals surface area (Å²) in [5, 5.41) is 3.15. The third-order valence-electron chi connectivity index (χ3n) is 1.61. The Bertz CT molecular complexity index is 309. The Labute approximate surface area is 106 Å². The summed E-state index contributed by atoms with van der Waals surface area (Å²) in [5.41, 5.74) is 5.29. The zero-order valence-corrected chi connectivity index (χ0v) is 11.3. The van der Waals surface area contributed by atoms with Crippen LogP contribution in [-0.4, -0.2) is 31.3 Å². The van der Waals surface area contributed by atoms with Crippen molar-refractivity contribution < 1.29 is 4.74 Å². The molecule has 15 heavy (non-hydrogen) atoms. The fraction of sp³-hybridized carbons (Fsp3) is 0.444. The van der Waals surface area contributed by atoms with Gasteiger partial charge in [0.1, 0.15) is 5.82 Å². The second kappa shape index (κ2) is 7.16. The minimum atomic E-state index is 0.556. The van der Waals surface area contributed by atoms with Crippen molar-refractivity contribution in [3.63, 3.8) is 0 Å². The van der Waals surface area contributed by atoms with Crippen molar-refractivity contribution in [1.29, 1.82) is 0 Å². The van der Waals surface area contributed by atoms with Gasteiger partial charge in [0.15, 0.2) is 0 Å². The SMILES string of the molecule is NCCOCCNc1ncc(Br)cc1Br. The van der Waals surface area contributed by atoms with Gasteiger partial charge in [0.05, 0.1) is 17.7 Å². The van der Waals surface area contributed by atoms with Gasteiger partial charge in [-0.3, -0.25) is 0 Å². The zero-order valence-electron chi connectivity index (χ0n) is 8.17. The fourth-order valence-electron chi connectivity index (χ4n) is 0.972. The zero-order chi connectivity index (χ0) is 11.1. The molecule has 0 fully saturated rings. The van der Waals surface area contributed by atoms with Crippen LogP contribution < -0.4 is 11.1 Å². The van der Waals surface area contributed by atoms with Gasteiger partial charge >= 0.3 is 0 Å². The maximum Gasteiger partial charge on any atom is 0.140 e. The van der Waals surface area contributed by atoms with E-state index >= 15 is 0 Å². The second-order valence-corrected chi connectivity index (χ2v) is 4.58. The Kier molecular flexibility index (Phi) is 6.16. The monoisotopic (exact) mass is 337 g/mol. The molecule has 0 radical (unpaired) electrons. The van der Waals surface area contributed by atoms with Crippen LogP contribution >= 0.6 is 31.9 Å². The average molecular weight is 339 g/mol. The lowest BCUT2D eigenvalue weighted by atomic mass is 10.4. The van der Waals surface area contributed by atoms with Gasteiger partial charge in [-0.25, -0.2) is 4.98 Å². The molecule has 1 rings (SSSR count). The number of anilines is 1. The normalized spacial score (nSPS) is 10.3. The van der Waals surface area contributed by atoms with E-state index in [0.29, 0.717) is 26.3 Å². The Morgan fingerprint density at radius 2 is 2.20 bits per heavy atom. The van der Waals surface area contributed by atoms with E-state index in [9.17, 15) is 0 Å². The first-order valence-corrected chi connectivity index (χ1v) is 6.15. The fourth-order valence-corrected chi connectivity index (χ4v) is 2.10. The Balaban J connectivity index is 2.31. The number of nitrogens with zero attached hydrogens (tertiary/aromatic N) is 1. The number of rotatable bonds is 6. The number of halogens is 2. The van der Waals surface area contributed by atoms with Crippen LogP contribution in [0.25, 0.3) is 0 Å². The van der Waals surface area contributed by atoms with Crippen LogP contribution in [0, 0.1) is 0 Å². The van der Waals surface area contributed by atoms with Crippen LogP contribution in [0.4, 0.5) is 5.82 Å². The Hall–Kier alpha value is -0.170. The maximum absolute atomic E-state index is 5.29. The molecule has 0 spiro atoms. The van der Waals surface area contributed by atoms with Crippen molar-refractivity contribution >= 4 is 37.7 Å². The van der Waals surface area contributed by atoms with E-state index in [1.54, 1.807) is 6.20 Å². The largest absolute Gasteiger partial charge is 0.378 e. The molecule has 4 nitrogen and oxygen atoms in total. The number of ether oxygens (including phenoxy) is 1. The van der Waals surface area contributed by atoms with Crippen molar-refractivity contribution in [3.05, 3.63) is 21.2 Å². The van der Waals surface area contributed by atoms with Crippen LogP contribution in [0.3, 0.4) is 0 Å². The quantitative estimate of drug-likeness (QED) is 0.779. The molecule has 0 atom stereocenters. The molecule has 0 saturated heterocycles. The number of pyridine rings is 1. The molecule has 0 aliphatic rings. The molecule has 3 N–H and O–H groups in total. The number of nitrogens with one attached hydrogen (secondary N) is 1. The number of hydrogen-bond donors (Lipinski definition) is 2. The first-order chi connectivity index (χ1) is 7.24. The van der Waals surface area contributed by atoms with Gasteiger partial charge < -0.3 is 15.8 Å². The topological polar surface area (TPSA) is 60.2 Å². The molecule has 0 aromatic carbocycles. The molecule has 0 unspecified atom stereocenters. The highest BCUT2D eigenvalue weighted by molar-refractivity contribution is 9.11. The van der Waals surface area contributed by atoms with Crippen molar-refractivity contribution in [2.24, 2.45) is 5.73 Å². The van der Waals surface area contributed by atoms with Crippen molar-refractivity contribution in [1.82, 2.24) is 4.98 Å². The van der Waals surface area contributed by atoms with Crippen molar-refractivity contribution in [2.75, 3.05) is 31.6 Å². The summed E-state index contributed by atoms with van der Waals surface area (Å²) in [6, 6.07) is 1.94. The van der Waals surface area contributed by atoms with Crippen LogP contribution in [0.15, 0.2) is 21.2 Å². The van der Waals surface area contributed by atoms with Crippen LogP contribution in [0.1, 0.15) is 0 Å². The van der Waals surface area contributed by atoms with Crippen molar-refractivity contribution in [2.45, 2.75) is 0 Å². The van der Waals surface area contributed by atoms with Gasteiger partial charge in [-0.2, -0.15) is 0 Å².